The Hall–Kier alpha value is -2.44. The molecule has 0 spiro atoms. The molecule has 3 N–H and O–H groups in total. The van der Waals surface area contributed by atoms with Crippen LogP contribution in [0.5, 0.6) is 0 Å². The quantitative estimate of drug-likeness (QED) is 0.298. The van der Waals surface area contributed by atoms with Crippen molar-refractivity contribution in [2.75, 3.05) is 12.1 Å². The number of fused-ring (bicyclic) bond motifs is 1. The molecule has 0 unspecified atom stereocenters. The fourth-order valence-electron chi connectivity index (χ4n) is 2.45. The van der Waals surface area contributed by atoms with Gasteiger partial charge in [0.15, 0.2) is 12.4 Å². The molecule has 0 fully saturated rings. The maximum absolute atomic E-state index is 14.2. The van der Waals surface area contributed by atoms with E-state index in [1.807, 2.05) is 28.1 Å². The van der Waals surface area contributed by atoms with Crippen molar-refractivity contribution in [3.05, 3.63) is 55.8 Å². The molecule has 0 aliphatic carbocycles. The molecule has 2 aromatic heterocycles. The van der Waals surface area contributed by atoms with Gasteiger partial charge in [0.05, 0.1) is 17.3 Å². The van der Waals surface area contributed by atoms with Crippen LogP contribution in [0.25, 0.3) is 11.0 Å². The fraction of sp³-hybridized carbons (Fsp3) is 0.125. The van der Waals surface area contributed by atoms with Crippen LogP contribution in [-0.4, -0.2) is 22.4 Å². The van der Waals surface area contributed by atoms with Crippen LogP contribution in [0.4, 0.5) is 15.9 Å². The molecule has 8 nitrogen and oxygen atoms in total. The number of carbonyl (C=O) groups excluding carboxylic acids is 1. The van der Waals surface area contributed by atoms with Crippen LogP contribution >= 0.6 is 22.6 Å². The van der Waals surface area contributed by atoms with Gasteiger partial charge in [-0.15, -0.1) is 0 Å². The van der Waals surface area contributed by atoms with Crippen molar-refractivity contribution in [1.29, 1.82) is 0 Å². The van der Waals surface area contributed by atoms with E-state index >= 15 is 0 Å². The average molecular weight is 473 g/mol. The fourth-order valence-corrected chi connectivity index (χ4v) is 2.91. The highest BCUT2D eigenvalue weighted by Crippen LogP contribution is 2.28. The molecule has 2 heterocycles. The summed E-state index contributed by atoms with van der Waals surface area (Å²) >= 11 is 1.97. The lowest BCUT2D eigenvalue weighted by atomic mass is 10.1. The number of aromatic nitrogens is 1. The van der Waals surface area contributed by atoms with Crippen molar-refractivity contribution in [1.82, 2.24) is 10.0 Å². The predicted molar refractivity (Wildman–Crippen MR) is 99.5 cm³/mol. The molecule has 3 rings (SSSR count). The van der Waals surface area contributed by atoms with Crippen LogP contribution in [0.15, 0.2) is 39.7 Å². The van der Waals surface area contributed by atoms with Crippen LogP contribution in [0.3, 0.4) is 0 Å². The second-order valence-electron chi connectivity index (χ2n) is 5.20. The summed E-state index contributed by atoms with van der Waals surface area (Å²) < 4.78 is 21.4. The van der Waals surface area contributed by atoms with Crippen molar-refractivity contribution in [3.8, 4) is 0 Å². The Morgan fingerprint density at radius 3 is 2.88 bits per heavy atom. The maximum atomic E-state index is 14.2. The van der Waals surface area contributed by atoms with Crippen molar-refractivity contribution >= 4 is 51.0 Å². The number of rotatable bonds is 5. The number of pyridine rings is 1. The van der Waals surface area contributed by atoms with Gasteiger partial charge in [0, 0.05) is 10.6 Å². The van der Waals surface area contributed by atoms with Gasteiger partial charge < -0.3 is 14.8 Å². The summed E-state index contributed by atoms with van der Waals surface area (Å²) in [5.74, 6) is -1.32. The molecule has 26 heavy (non-hydrogen) atoms. The van der Waals surface area contributed by atoms with Gasteiger partial charge in [0.2, 0.25) is 0 Å². The Morgan fingerprint density at radius 2 is 2.19 bits per heavy atom. The molecule has 10 heteroatoms. The summed E-state index contributed by atoms with van der Waals surface area (Å²) in [7, 11) is 1.44. The number of hydroxylamine groups is 1. The zero-order valence-corrected chi connectivity index (χ0v) is 15.5. The smallest absolute Gasteiger partial charge is 0.282 e. The summed E-state index contributed by atoms with van der Waals surface area (Å²) in [5, 5.41) is 11.7. The zero-order valence-electron chi connectivity index (χ0n) is 13.4. The highest BCUT2D eigenvalue weighted by Gasteiger charge is 2.24. The molecule has 3 aromatic rings. The minimum absolute atomic E-state index is 0.0107. The molecule has 0 aliphatic rings. The number of nitrogens with zero attached hydrogens (tertiary/aromatic N) is 1. The van der Waals surface area contributed by atoms with Gasteiger partial charge >= 0.3 is 0 Å². The molecule has 1 aromatic carbocycles. The van der Waals surface area contributed by atoms with Crippen LogP contribution in [0.2, 0.25) is 0 Å². The second-order valence-corrected chi connectivity index (χ2v) is 6.45. The lowest BCUT2D eigenvalue weighted by Crippen LogP contribution is -2.29. The summed E-state index contributed by atoms with van der Waals surface area (Å²) in [6.07, 6.45) is 1.27. The van der Waals surface area contributed by atoms with Gasteiger partial charge in [0.25, 0.3) is 11.5 Å². The van der Waals surface area contributed by atoms with Crippen molar-refractivity contribution in [2.45, 2.75) is 0 Å². The minimum Gasteiger partial charge on any atom is -0.463 e. The first-order valence-corrected chi connectivity index (χ1v) is 8.37. The molecule has 0 saturated carbocycles. The topological polar surface area (TPSA) is 106 Å². The number of halogens is 2. The Morgan fingerprint density at radius 1 is 1.42 bits per heavy atom. The highest BCUT2D eigenvalue weighted by atomic mass is 127. The Labute approximate surface area is 159 Å². The SMILES string of the molecule is Cn1c(Nc2ccc(I)cc2F)c(C(=O)NOCO)c2occc2c1=O. The lowest BCUT2D eigenvalue weighted by Gasteiger charge is -2.16. The number of nitrogens with one attached hydrogen (secondary N) is 2. The highest BCUT2D eigenvalue weighted by molar-refractivity contribution is 14.1. The van der Waals surface area contributed by atoms with Crippen LogP contribution < -0.4 is 16.4 Å². The summed E-state index contributed by atoms with van der Waals surface area (Å²) in [5.41, 5.74) is 1.62. The van der Waals surface area contributed by atoms with E-state index in [0.717, 1.165) is 0 Å². The van der Waals surface area contributed by atoms with Gasteiger partial charge in [-0.1, -0.05) is 0 Å². The minimum atomic E-state index is -0.775. The predicted octanol–water partition coefficient (Wildman–Crippen LogP) is 2.23. The molecule has 0 saturated heterocycles. The van der Waals surface area contributed by atoms with E-state index in [0.29, 0.717) is 3.57 Å². The Bertz CT molecular complexity index is 1050. The van der Waals surface area contributed by atoms with E-state index < -0.39 is 24.1 Å². The Balaban J connectivity index is 2.20. The molecule has 0 aliphatic heterocycles. The van der Waals surface area contributed by atoms with Crippen molar-refractivity contribution in [3.63, 3.8) is 0 Å². The van der Waals surface area contributed by atoms with Crippen LogP contribution in [-0.2, 0) is 11.9 Å². The Kier molecular flexibility index (Phi) is 5.25. The average Bonchev–Trinajstić information content (AvgIpc) is 3.09. The van der Waals surface area contributed by atoms with Crippen molar-refractivity contribution in [2.24, 2.45) is 7.05 Å². The van der Waals surface area contributed by atoms with Gasteiger partial charge in [-0.05, 0) is 46.9 Å². The number of carbonyl (C=O) groups is 1. The summed E-state index contributed by atoms with van der Waals surface area (Å²) in [6.45, 7) is -0.743. The number of benzene rings is 1. The zero-order chi connectivity index (χ0) is 18.8. The van der Waals surface area contributed by atoms with E-state index in [4.69, 9.17) is 9.52 Å². The first-order chi connectivity index (χ1) is 12.4. The maximum Gasteiger partial charge on any atom is 0.282 e. The van der Waals surface area contributed by atoms with Gasteiger partial charge in [0.1, 0.15) is 17.2 Å². The first-order valence-electron chi connectivity index (χ1n) is 7.29. The van der Waals surface area contributed by atoms with Crippen LogP contribution in [0.1, 0.15) is 10.4 Å². The lowest BCUT2D eigenvalue weighted by molar-refractivity contribution is -0.0497. The first kappa shape index (κ1) is 18.4. The van der Waals surface area contributed by atoms with Crippen molar-refractivity contribution < 1.29 is 23.5 Å². The van der Waals surface area contributed by atoms with Gasteiger partial charge in [-0.25, -0.2) is 14.7 Å². The number of aliphatic hydroxyl groups excluding tert-OH is 1. The van der Waals surface area contributed by atoms with E-state index in [2.05, 4.69) is 10.2 Å². The number of hydrogen-bond donors (Lipinski definition) is 3. The molecular formula is C16H13FIN3O5. The summed E-state index contributed by atoms with van der Waals surface area (Å²) in [4.78, 5) is 29.5. The van der Waals surface area contributed by atoms with E-state index in [1.54, 1.807) is 6.07 Å². The molecule has 136 valence electrons. The standard InChI is InChI=1S/C16H13FIN3O5/c1-21-14(19-11-3-2-8(18)6-10(11)17)12(15(23)20-26-7-22)13-9(16(21)24)4-5-25-13/h2-6,19,22H,7H2,1H3,(H,20,23). The van der Waals surface area contributed by atoms with Crippen LogP contribution in [0, 0.1) is 9.39 Å². The third kappa shape index (κ3) is 3.30. The van der Waals surface area contributed by atoms with Gasteiger partial charge in [-0.2, -0.15) is 0 Å². The summed E-state index contributed by atoms with van der Waals surface area (Å²) in [6, 6.07) is 5.89. The monoisotopic (exact) mass is 473 g/mol. The number of amides is 1. The molecule has 0 radical (unpaired) electrons. The van der Waals surface area contributed by atoms with E-state index in [9.17, 15) is 14.0 Å². The largest absolute Gasteiger partial charge is 0.463 e. The molecular weight excluding hydrogens is 460 g/mol. The molecule has 0 atom stereocenters. The third-order valence-corrected chi connectivity index (χ3v) is 4.31. The van der Waals surface area contributed by atoms with E-state index in [-0.39, 0.29) is 28.0 Å². The number of aliphatic hydroxyl groups is 1. The molecule has 0 bridgehead atoms. The van der Waals surface area contributed by atoms with Gasteiger partial charge in [-0.3, -0.25) is 14.2 Å². The second kappa shape index (κ2) is 7.43. The number of furan rings is 1. The van der Waals surface area contributed by atoms with E-state index in [1.165, 1.54) is 36.1 Å². The molecule has 1 amide bonds. The normalized spacial score (nSPS) is 10.9. The number of hydrogen-bond acceptors (Lipinski definition) is 6. The number of anilines is 2. The third-order valence-electron chi connectivity index (χ3n) is 3.64.